The van der Waals surface area contributed by atoms with Crippen LogP contribution in [0.2, 0.25) is 10.0 Å². The number of halogens is 2. The van der Waals surface area contributed by atoms with E-state index in [4.69, 9.17) is 32.7 Å². The van der Waals surface area contributed by atoms with E-state index in [1.807, 2.05) is 6.07 Å². The summed E-state index contributed by atoms with van der Waals surface area (Å²) in [7, 11) is 0. The van der Waals surface area contributed by atoms with Gasteiger partial charge in [0.25, 0.3) is 0 Å². The molecule has 0 bridgehead atoms. The molecule has 0 saturated heterocycles. The lowest BCUT2D eigenvalue weighted by Gasteiger charge is -2.10. The number of fused-ring (bicyclic) bond motifs is 1. The van der Waals surface area contributed by atoms with Gasteiger partial charge in [-0.1, -0.05) is 35.3 Å². The highest BCUT2D eigenvalue weighted by atomic mass is 35.5. The first-order valence-electron chi connectivity index (χ1n) is 8.73. The Kier molecular flexibility index (Phi) is 5.14. The second-order valence-electron chi connectivity index (χ2n) is 6.46. The molecule has 1 aliphatic rings. The van der Waals surface area contributed by atoms with E-state index in [-0.39, 0.29) is 11.5 Å². The highest BCUT2D eigenvalue weighted by Crippen LogP contribution is 2.39. The number of benzene rings is 3. The van der Waals surface area contributed by atoms with Gasteiger partial charge < -0.3 is 9.47 Å². The van der Waals surface area contributed by atoms with Crippen molar-refractivity contribution in [1.29, 1.82) is 0 Å². The quantitative estimate of drug-likeness (QED) is 0.288. The van der Waals surface area contributed by atoms with E-state index >= 15 is 0 Å². The summed E-state index contributed by atoms with van der Waals surface area (Å²) in [6, 6.07) is 16.7. The van der Waals surface area contributed by atoms with Gasteiger partial charge in [0.2, 0.25) is 5.78 Å². The molecule has 1 heterocycles. The maximum absolute atomic E-state index is 12.7. The largest absolute Gasteiger partial charge is 0.452 e. The molecular weight excluding hydrogens is 411 g/mol. The number of esters is 1. The Morgan fingerprint density at radius 3 is 2.48 bits per heavy atom. The SMILES string of the molecule is Cc1c(OC(=O)c2ccc(Cl)cc2)ccc2c1O/C(=C\c1cccc(Cl)c1)C2=O. The van der Waals surface area contributed by atoms with Crippen LogP contribution < -0.4 is 9.47 Å². The number of carbonyl (C=O) groups excluding carboxylic acids is 2. The standard InChI is InChI=1S/C23H14Cl2O4/c1-13-19(29-23(27)15-5-7-16(24)8-6-15)10-9-18-21(26)20(28-22(13)18)12-14-3-2-4-17(25)11-14/h2-12H,1H3/b20-12-. The van der Waals surface area contributed by atoms with Crippen molar-refractivity contribution >= 4 is 41.0 Å². The number of carbonyl (C=O) groups is 2. The van der Waals surface area contributed by atoms with Crippen LogP contribution in [0.25, 0.3) is 6.08 Å². The van der Waals surface area contributed by atoms with Crippen molar-refractivity contribution in [3.8, 4) is 11.5 Å². The summed E-state index contributed by atoms with van der Waals surface area (Å²) in [6.45, 7) is 1.74. The predicted molar refractivity (Wildman–Crippen MR) is 112 cm³/mol. The van der Waals surface area contributed by atoms with Crippen LogP contribution in [0.5, 0.6) is 11.5 Å². The summed E-state index contributed by atoms with van der Waals surface area (Å²) in [5, 5.41) is 1.09. The highest BCUT2D eigenvalue weighted by molar-refractivity contribution is 6.31. The molecule has 4 nitrogen and oxygen atoms in total. The van der Waals surface area contributed by atoms with Crippen molar-refractivity contribution in [3.63, 3.8) is 0 Å². The number of ketones is 1. The van der Waals surface area contributed by atoms with Gasteiger partial charge >= 0.3 is 5.97 Å². The lowest BCUT2D eigenvalue weighted by molar-refractivity contribution is 0.0733. The maximum Gasteiger partial charge on any atom is 0.343 e. The van der Waals surface area contributed by atoms with E-state index < -0.39 is 5.97 Å². The number of allylic oxidation sites excluding steroid dienone is 1. The molecule has 0 amide bonds. The fourth-order valence-corrected chi connectivity index (χ4v) is 3.30. The van der Waals surface area contributed by atoms with E-state index in [0.717, 1.165) is 5.56 Å². The Morgan fingerprint density at radius 1 is 1.00 bits per heavy atom. The van der Waals surface area contributed by atoms with Crippen LogP contribution in [0.3, 0.4) is 0 Å². The Balaban J connectivity index is 1.61. The molecule has 0 saturated carbocycles. The molecule has 6 heteroatoms. The first-order valence-corrected chi connectivity index (χ1v) is 9.49. The molecule has 144 valence electrons. The molecule has 3 aromatic rings. The number of hydrogen-bond acceptors (Lipinski definition) is 4. The summed E-state index contributed by atoms with van der Waals surface area (Å²) >= 11 is 11.8. The minimum atomic E-state index is -0.524. The van der Waals surface area contributed by atoms with Gasteiger partial charge in [0.05, 0.1) is 11.1 Å². The van der Waals surface area contributed by atoms with E-state index in [1.165, 1.54) is 0 Å². The highest BCUT2D eigenvalue weighted by Gasteiger charge is 2.30. The van der Waals surface area contributed by atoms with Gasteiger partial charge in [0.15, 0.2) is 5.76 Å². The van der Waals surface area contributed by atoms with Crippen LogP contribution in [-0.2, 0) is 0 Å². The second-order valence-corrected chi connectivity index (χ2v) is 7.33. The number of Topliss-reactive ketones (excluding diaryl/α,β-unsaturated/α-hetero) is 1. The third-order valence-electron chi connectivity index (χ3n) is 4.47. The zero-order valence-electron chi connectivity index (χ0n) is 15.2. The zero-order valence-corrected chi connectivity index (χ0v) is 16.8. The van der Waals surface area contributed by atoms with Crippen molar-refractivity contribution in [2.45, 2.75) is 6.92 Å². The molecule has 29 heavy (non-hydrogen) atoms. The van der Waals surface area contributed by atoms with Gasteiger partial charge in [-0.2, -0.15) is 0 Å². The number of rotatable bonds is 3. The summed E-state index contributed by atoms with van der Waals surface area (Å²) < 4.78 is 11.3. The van der Waals surface area contributed by atoms with Crippen LogP contribution in [0.1, 0.15) is 31.8 Å². The first kappa shape index (κ1) is 19.2. The summed E-state index contributed by atoms with van der Waals surface area (Å²) in [4.78, 5) is 25.1. The average molecular weight is 425 g/mol. The fourth-order valence-electron chi connectivity index (χ4n) is 2.97. The van der Waals surface area contributed by atoms with Gasteiger partial charge in [-0.15, -0.1) is 0 Å². The van der Waals surface area contributed by atoms with Gasteiger partial charge in [-0.25, -0.2) is 4.79 Å². The molecule has 1 aliphatic heterocycles. The number of hydrogen-bond donors (Lipinski definition) is 0. The normalized spacial score (nSPS) is 13.9. The Morgan fingerprint density at radius 2 is 1.76 bits per heavy atom. The fraction of sp³-hybridized carbons (Fsp3) is 0.0435. The summed E-state index contributed by atoms with van der Waals surface area (Å²) in [5.41, 5.74) is 2.10. The molecule has 0 atom stereocenters. The third-order valence-corrected chi connectivity index (χ3v) is 4.95. The maximum atomic E-state index is 12.7. The summed E-state index contributed by atoms with van der Waals surface area (Å²) in [5.74, 6) is 0.124. The Hall–Kier alpha value is -3.08. The molecule has 0 fully saturated rings. The van der Waals surface area contributed by atoms with Crippen LogP contribution >= 0.6 is 23.2 Å². The molecule has 3 aromatic carbocycles. The minimum Gasteiger partial charge on any atom is -0.452 e. The smallest absolute Gasteiger partial charge is 0.343 e. The lowest BCUT2D eigenvalue weighted by atomic mass is 10.1. The molecule has 0 aliphatic carbocycles. The minimum absolute atomic E-state index is 0.187. The zero-order chi connectivity index (χ0) is 20.5. The second kappa shape index (κ2) is 7.74. The van der Waals surface area contributed by atoms with E-state index in [9.17, 15) is 9.59 Å². The van der Waals surface area contributed by atoms with Crippen LogP contribution in [0, 0.1) is 6.92 Å². The van der Waals surface area contributed by atoms with Crippen LogP contribution in [0.4, 0.5) is 0 Å². The van der Waals surface area contributed by atoms with Crippen molar-refractivity contribution in [2.24, 2.45) is 0 Å². The van der Waals surface area contributed by atoms with Crippen molar-refractivity contribution < 1.29 is 19.1 Å². The van der Waals surface area contributed by atoms with E-state index in [2.05, 4.69) is 0 Å². The molecule has 0 aromatic heterocycles. The molecule has 0 N–H and O–H groups in total. The first-order chi connectivity index (χ1) is 13.9. The van der Waals surface area contributed by atoms with E-state index in [0.29, 0.717) is 38.2 Å². The predicted octanol–water partition coefficient (Wildman–Crippen LogP) is 6.14. The molecule has 0 spiro atoms. The lowest BCUT2D eigenvalue weighted by Crippen LogP contribution is -2.09. The molecule has 4 rings (SSSR count). The monoisotopic (exact) mass is 424 g/mol. The molecule has 0 radical (unpaired) electrons. The molecular formula is C23H14Cl2O4. The number of ether oxygens (including phenoxy) is 2. The van der Waals surface area contributed by atoms with Gasteiger partial charge in [0, 0.05) is 15.6 Å². The Bertz CT molecular complexity index is 1160. The topological polar surface area (TPSA) is 52.6 Å². The Labute approximate surface area is 177 Å². The molecule has 0 unspecified atom stereocenters. The van der Waals surface area contributed by atoms with E-state index in [1.54, 1.807) is 67.6 Å². The summed E-state index contributed by atoms with van der Waals surface area (Å²) in [6.07, 6.45) is 1.63. The van der Waals surface area contributed by atoms with Gasteiger partial charge in [0.1, 0.15) is 11.5 Å². The average Bonchev–Trinajstić information content (AvgIpc) is 3.01. The van der Waals surface area contributed by atoms with Crippen LogP contribution in [0.15, 0.2) is 66.4 Å². The van der Waals surface area contributed by atoms with Crippen LogP contribution in [-0.4, -0.2) is 11.8 Å². The van der Waals surface area contributed by atoms with Gasteiger partial charge in [-0.3, -0.25) is 4.79 Å². The van der Waals surface area contributed by atoms with Crippen molar-refractivity contribution in [1.82, 2.24) is 0 Å². The van der Waals surface area contributed by atoms with Crippen molar-refractivity contribution in [2.75, 3.05) is 0 Å². The van der Waals surface area contributed by atoms with Gasteiger partial charge in [-0.05, 0) is 67.1 Å². The third kappa shape index (κ3) is 3.90. The van der Waals surface area contributed by atoms with Crippen molar-refractivity contribution in [3.05, 3.63) is 98.7 Å².